The van der Waals surface area contributed by atoms with Gasteiger partial charge in [0.15, 0.2) is 0 Å². The molecule has 0 atom stereocenters. The molecule has 3 heteroatoms. The van der Waals surface area contributed by atoms with Gasteiger partial charge in [0.05, 0.1) is 0 Å². The number of halogens is 2. The highest BCUT2D eigenvalue weighted by atomic mass is 79.9. The molecule has 0 bridgehead atoms. The molecule has 1 aromatic carbocycles. The lowest BCUT2D eigenvalue weighted by molar-refractivity contribution is 0.339. The van der Waals surface area contributed by atoms with Crippen molar-refractivity contribution in [2.75, 3.05) is 0 Å². The van der Waals surface area contributed by atoms with Gasteiger partial charge >= 0.3 is 0 Å². The number of rotatable bonds is 4. The third kappa shape index (κ3) is 2.99. The van der Waals surface area contributed by atoms with Crippen LogP contribution in [0.3, 0.4) is 0 Å². The smallest absolute Gasteiger partial charge is 0.0417 e. The van der Waals surface area contributed by atoms with Crippen LogP contribution in [0.1, 0.15) is 32.3 Å². The van der Waals surface area contributed by atoms with E-state index < -0.39 is 0 Å². The van der Waals surface area contributed by atoms with Crippen molar-refractivity contribution in [2.45, 2.75) is 38.8 Å². The van der Waals surface area contributed by atoms with Crippen molar-refractivity contribution in [1.29, 1.82) is 0 Å². The van der Waals surface area contributed by atoms with Crippen LogP contribution in [-0.2, 0) is 6.54 Å². The Labute approximate surface area is 111 Å². The van der Waals surface area contributed by atoms with E-state index in [1.165, 1.54) is 18.4 Å². The molecule has 0 amide bonds. The molecular weight excluding hydrogens is 286 g/mol. The van der Waals surface area contributed by atoms with Crippen LogP contribution in [0, 0.1) is 5.92 Å². The maximum atomic E-state index is 5.92. The van der Waals surface area contributed by atoms with E-state index in [4.69, 9.17) is 11.6 Å². The van der Waals surface area contributed by atoms with Crippen molar-refractivity contribution in [3.8, 4) is 0 Å². The van der Waals surface area contributed by atoms with E-state index in [1.807, 2.05) is 12.1 Å². The van der Waals surface area contributed by atoms with Gasteiger partial charge < -0.3 is 5.32 Å². The fourth-order valence-corrected chi connectivity index (χ4v) is 2.76. The highest BCUT2D eigenvalue weighted by molar-refractivity contribution is 9.10. The molecule has 1 N–H and O–H groups in total. The lowest BCUT2D eigenvalue weighted by Crippen LogP contribution is -2.40. The van der Waals surface area contributed by atoms with Gasteiger partial charge in [0.2, 0.25) is 0 Å². The molecule has 16 heavy (non-hydrogen) atoms. The average Bonchev–Trinajstić information content (AvgIpc) is 2.99. The minimum atomic E-state index is 0.249. The Morgan fingerprint density at radius 1 is 1.44 bits per heavy atom. The predicted octanol–water partition coefficient (Wildman–Crippen LogP) is 4.38. The number of hydrogen-bond donors (Lipinski definition) is 1. The first-order valence-electron chi connectivity index (χ1n) is 5.68. The van der Waals surface area contributed by atoms with E-state index in [1.54, 1.807) is 0 Å². The first-order valence-corrected chi connectivity index (χ1v) is 6.85. The van der Waals surface area contributed by atoms with Crippen molar-refractivity contribution in [3.63, 3.8) is 0 Å². The van der Waals surface area contributed by atoms with Gasteiger partial charge in [-0.05, 0) is 50.3 Å². The van der Waals surface area contributed by atoms with Crippen molar-refractivity contribution in [1.82, 2.24) is 5.32 Å². The summed E-state index contributed by atoms with van der Waals surface area (Å²) in [4.78, 5) is 0. The predicted molar refractivity (Wildman–Crippen MR) is 72.8 cm³/mol. The normalized spacial score (nSPS) is 16.5. The first kappa shape index (κ1) is 12.4. The standard InChI is InChI=1S/C13H17BrClN/c1-13(2,10-4-5-10)16-8-9-3-6-11(15)7-12(9)14/h3,6-7,10,16H,4-5,8H2,1-2H3. The van der Waals surface area contributed by atoms with E-state index in [2.05, 4.69) is 41.2 Å². The topological polar surface area (TPSA) is 12.0 Å². The average molecular weight is 303 g/mol. The zero-order valence-corrected chi connectivity index (χ0v) is 12.0. The maximum absolute atomic E-state index is 5.92. The summed E-state index contributed by atoms with van der Waals surface area (Å²) in [5, 5.41) is 4.40. The molecule has 1 nitrogen and oxygen atoms in total. The van der Waals surface area contributed by atoms with E-state index in [9.17, 15) is 0 Å². The third-order valence-electron chi connectivity index (χ3n) is 3.35. The summed E-state index contributed by atoms with van der Waals surface area (Å²) < 4.78 is 1.08. The van der Waals surface area contributed by atoms with Gasteiger partial charge in [0.25, 0.3) is 0 Å². The van der Waals surface area contributed by atoms with Gasteiger partial charge in [0, 0.05) is 21.6 Å². The summed E-state index contributed by atoms with van der Waals surface area (Å²) in [6, 6.07) is 5.96. The number of hydrogen-bond acceptors (Lipinski definition) is 1. The summed E-state index contributed by atoms with van der Waals surface area (Å²) in [7, 11) is 0. The molecule has 1 aliphatic rings. The molecule has 88 valence electrons. The van der Waals surface area contributed by atoms with Gasteiger partial charge in [-0.2, -0.15) is 0 Å². The Bertz CT molecular complexity index is 386. The first-order chi connectivity index (χ1) is 7.49. The molecule has 0 aliphatic heterocycles. The zero-order valence-electron chi connectivity index (χ0n) is 9.69. The fourth-order valence-electron chi connectivity index (χ4n) is 1.94. The van der Waals surface area contributed by atoms with Crippen molar-refractivity contribution in [2.24, 2.45) is 5.92 Å². The molecular formula is C13H17BrClN. The van der Waals surface area contributed by atoms with Gasteiger partial charge in [-0.3, -0.25) is 0 Å². The van der Waals surface area contributed by atoms with Crippen molar-refractivity contribution in [3.05, 3.63) is 33.3 Å². The molecule has 0 saturated heterocycles. The summed E-state index contributed by atoms with van der Waals surface area (Å²) >= 11 is 9.46. The number of benzene rings is 1. The van der Waals surface area contributed by atoms with Gasteiger partial charge in [0.1, 0.15) is 0 Å². The van der Waals surface area contributed by atoms with Crippen LogP contribution in [0.2, 0.25) is 5.02 Å². The molecule has 1 saturated carbocycles. The Balaban J connectivity index is 1.98. The summed E-state index contributed by atoms with van der Waals surface area (Å²) in [5.41, 5.74) is 1.51. The van der Waals surface area contributed by atoms with Crippen LogP contribution in [0.25, 0.3) is 0 Å². The summed E-state index contributed by atoms with van der Waals surface area (Å²) in [6.45, 7) is 5.46. The Hall–Kier alpha value is -0.0500. The monoisotopic (exact) mass is 301 g/mol. The van der Waals surface area contributed by atoms with E-state index in [0.717, 1.165) is 22.0 Å². The molecule has 1 aromatic rings. The molecule has 0 radical (unpaired) electrons. The highest BCUT2D eigenvalue weighted by Gasteiger charge is 2.37. The van der Waals surface area contributed by atoms with E-state index >= 15 is 0 Å². The van der Waals surface area contributed by atoms with Crippen molar-refractivity contribution < 1.29 is 0 Å². The van der Waals surface area contributed by atoms with E-state index in [-0.39, 0.29) is 5.54 Å². The molecule has 1 aliphatic carbocycles. The Morgan fingerprint density at radius 3 is 2.69 bits per heavy atom. The van der Waals surface area contributed by atoms with Crippen LogP contribution in [0.15, 0.2) is 22.7 Å². The van der Waals surface area contributed by atoms with Gasteiger partial charge in [-0.1, -0.05) is 33.6 Å². The second-order valence-electron chi connectivity index (χ2n) is 5.09. The zero-order chi connectivity index (χ0) is 11.8. The second kappa shape index (κ2) is 4.67. The Morgan fingerprint density at radius 2 is 2.12 bits per heavy atom. The largest absolute Gasteiger partial charge is 0.307 e. The Kier molecular flexibility index (Phi) is 3.62. The molecule has 2 rings (SSSR count). The van der Waals surface area contributed by atoms with Crippen molar-refractivity contribution >= 4 is 27.5 Å². The minimum absolute atomic E-state index is 0.249. The lowest BCUT2D eigenvalue weighted by atomic mass is 9.98. The quantitative estimate of drug-likeness (QED) is 0.870. The van der Waals surface area contributed by atoms with E-state index in [0.29, 0.717) is 0 Å². The summed E-state index contributed by atoms with van der Waals surface area (Å²) in [6.07, 6.45) is 2.73. The molecule has 0 heterocycles. The van der Waals surface area contributed by atoms with Crippen LogP contribution in [-0.4, -0.2) is 5.54 Å². The van der Waals surface area contributed by atoms with Crippen LogP contribution < -0.4 is 5.32 Å². The molecule has 0 aromatic heterocycles. The van der Waals surface area contributed by atoms with Gasteiger partial charge in [-0.25, -0.2) is 0 Å². The highest BCUT2D eigenvalue weighted by Crippen LogP contribution is 2.39. The fraction of sp³-hybridized carbons (Fsp3) is 0.538. The SMILES string of the molecule is CC(C)(NCc1ccc(Cl)cc1Br)C1CC1. The maximum Gasteiger partial charge on any atom is 0.0417 e. The van der Waals surface area contributed by atoms with Crippen LogP contribution >= 0.6 is 27.5 Å². The molecule has 1 fully saturated rings. The second-order valence-corrected chi connectivity index (χ2v) is 6.38. The molecule has 0 spiro atoms. The molecule has 0 unspecified atom stereocenters. The third-order valence-corrected chi connectivity index (χ3v) is 4.32. The van der Waals surface area contributed by atoms with Crippen LogP contribution in [0.5, 0.6) is 0 Å². The van der Waals surface area contributed by atoms with Crippen LogP contribution in [0.4, 0.5) is 0 Å². The van der Waals surface area contributed by atoms with Gasteiger partial charge in [-0.15, -0.1) is 0 Å². The lowest BCUT2D eigenvalue weighted by Gasteiger charge is -2.26. The number of nitrogens with one attached hydrogen (secondary N) is 1. The summed E-state index contributed by atoms with van der Waals surface area (Å²) in [5.74, 6) is 0.846. The minimum Gasteiger partial charge on any atom is -0.307 e.